The second-order valence-electron chi connectivity index (χ2n) is 8.20. The minimum atomic E-state index is -0.894. The van der Waals surface area contributed by atoms with Crippen molar-refractivity contribution in [2.24, 2.45) is 0 Å². The number of benzene rings is 1. The lowest BCUT2D eigenvalue weighted by molar-refractivity contribution is -0.140. The third-order valence-corrected chi connectivity index (χ3v) is 5.70. The minimum Gasteiger partial charge on any atom is -0.493 e. The number of methoxy groups -OCH3 is 1. The first-order valence-electron chi connectivity index (χ1n) is 11.0. The Morgan fingerprint density at radius 2 is 1.97 bits per heavy atom. The molecule has 1 N–H and O–H groups in total. The van der Waals surface area contributed by atoms with E-state index < -0.39 is 6.04 Å². The van der Waals surface area contributed by atoms with Crippen LogP contribution in [-0.2, 0) is 16.1 Å². The molecule has 174 valence electrons. The van der Waals surface area contributed by atoms with Gasteiger partial charge in [0.25, 0.3) is 0 Å². The molecule has 2 amide bonds. The summed E-state index contributed by atoms with van der Waals surface area (Å²) >= 11 is 5.94. The number of halogens is 1. The van der Waals surface area contributed by atoms with Crippen LogP contribution in [0.25, 0.3) is 0 Å². The lowest BCUT2D eigenvalue weighted by Crippen LogP contribution is -2.46. The van der Waals surface area contributed by atoms with Gasteiger partial charge in [-0.05, 0) is 56.5 Å². The number of nitrogens with zero attached hydrogens (tertiary/aromatic N) is 1. The van der Waals surface area contributed by atoms with Crippen LogP contribution < -0.4 is 14.8 Å². The van der Waals surface area contributed by atoms with Crippen molar-refractivity contribution in [1.29, 1.82) is 0 Å². The summed E-state index contributed by atoms with van der Waals surface area (Å²) in [6.45, 7) is 3.97. The standard InChI is InChI=1S/C24H31ClN2O5/c1-16(2)32-20-11-10-17(13-21(20)30-3)23(24(29)26-18-7-4-5-8-18)27(22(28)14-25)15-19-9-6-12-31-19/h6,9-13,16,18,23H,4-5,7-8,14-15H2,1-3H3,(H,26,29). The number of hydrogen-bond acceptors (Lipinski definition) is 5. The van der Waals surface area contributed by atoms with Crippen molar-refractivity contribution in [1.82, 2.24) is 10.2 Å². The summed E-state index contributed by atoms with van der Waals surface area (Å²) in [6.07, 6.45) is 5.54. The maximum Gasteiger partial charge on any atom is 0.247 e. The molecule has 8 heteroatoms. The predicted octanol–water partition coefficient (Wildman–Crippen LogP) is 4.44. The van der Waals surface area contributed by atoms with Crippen LogP contribution in [0.4, 0.5) is 0 Å². The molecule has 0 bridgehead atoms. The number of nitrogens with one attached hydrogen (secondary N) is 1. The highest BCUT2D eigenvalue weighted by Gasteiger charge is 2.34. The second kappa shape index (κ2) is 11.3. The SMILES string of the molecule is COc1cc(C(C(=O)NC2CCCC2)N(Cc2ccco2)C(=O)CCl)ccc1OC(C)C. The second-order valence-corrected chi connectivity index (χ2v) is 8.47. The number of furan rings is 1. The van der Waals surface area contributed by atoms with E-state index in [1.54, 1.807) is 37.4 Å². The van der Waals surface area contributed by atoms with Gasteiger partial charge in [0.15, 0.2) is 11.5 Å². The number of carbonyl (C=O) groups excluding carboxylic acids is 2. The van der Waals surface area contributed by atoms with Gasteiger partial charge >= 0.3 is 0 Å². The molecule has 1 saturated carbocycles. The molecule has 1 atom stereocenters. The van der Waals surface area contributed by atoms with Crippen LogP contribution >= 0.6 is 11.6 Å². The molecule has 2 aromatic rings. The van der Waals surface area contributed by atoms with Gasteiger partial charge in [-0.2, -0.15) is 0 Å². The molecule has 0 aliphatic heterocycles. The number of alkyl halides is 1. The quantitative estimate of drug-likeness (QED) is 0.528. The van der Waals surface area contributed by atoms with Gasteiger partial charge in [-0.15, -0.1) is 11.6 Å². The van der Waals surface area contributed by atoms with Crippen LogP contribution in [0.5, 0.6) is 11.5 Å². The summed E-state index contributed by atoms with van der Waals surface area (Å²) in [6, 6.07) is 8.01. The number of rotatable bonds is 10. The summed E-state index contributed by atoms with van der Waals surface area (Å²) in [4.78, 5) is 27.8. The van der Waals surface area contributed by atoms with Gasteiger partial charge in [-0.25, -0.2) is 0 Å². The first-order chi connectivity index (χ1) is 15.4. The van der Waals surface area contributed by atoms with Crippen molar-refractivity contribution in [2.75, 3.05) is 13.0 Å². The van der Waals surface area contributed by atoms with Crippen molar-refractivity contribution in [3.05, 3.63) is 47.9 Å². The first kappa shape index (κ1) is 24.0. The lowest BCUT2D eigenvalue weighted by Gasteiger charge is -2.31. The van der Waals surface area contributed by atoms with E-state index in [9.17, 15) is 9.59 Å². The average Bonchev–Trinajstić information content (AvgIpc) is 3.47. The van der Waals surface area contributed by atoms with Crippen molar-refractivity contribution in [2.45, 2.75) is 64.3 Å². The van der Waals surface area contributed by atoms with Crippen LogP contribution in [0.3, 0.4) is 0 Å². The van der Waals surface area contributed by atoms with E-state index in [2.05, 4.69) is 5.32 Å². The molecule has 7 nitrogen and oxygen atoms in total. The Hall–Kier alpha value is -2.67. The minimum absolute atomic E-state index is 0.0375. The van der Waals surface area contributed by atoms with Crippen molar-refractivity contribution in [3.63, 3.8) is 0 Å². The van der Waals surface area contributed by atoms with Crippen molar-refractivity contribution in [3.8, 4) is 11.5 Å². The van der Waals surface area contributed by atoms with Crippen LogP contribution in [-0.4, -0.2) is 41.8 Å². The zero-order chi connectivity index (χ0) is 23.1. The highest BCUT2D eigenvalue weighted by molar-refractivity contribution is 6.27. The van der Waals surface area contributed by atoms with Crippen molar-refractivity contribution < 1.29 is 23.5 Å². The van der Waals surface area contributed by atoms with Gasteiger partial charge in [-0.1, -0.05) is 18.9 Å². The molecule has 3 rings (SSSR count). The predicted molar refractivity (Wildman–Crippen MR) is 122 cm³/mol. The zero-order valence-electron chi connectivity index (χ0n) is 18.8. The molecule has 1 aromatic carbocycles. The molecule has 1 fully saturated rings. The van der Waals surface area contributed by atoms with E-state index in [1.165, 1.54) is 11.2 Å². The fourth-order valence-corrected chi connectivity index (χ4v) is 4.15. The van der Waals surface area contributed by atoms with Crippen LogP contribution in [0.2, 0.25) is 0 Å². The summed E-state index contributed by atoms with van der Waals surface area (Å²) < 4.78 is 16.8. The third kappa shape index (κ3) is 5.97. The largest absolute Gasteiger partial charge is 0.493 e. The molecular formula is C24H31ClN2O5. The smallest absolute Gasteiger partial charge is 0.247 e. The van der Waals surface area contributed by atoms with Crippen LogP contribution in [0, 0.1) is 0 Å². The Morgan fingerprint density at radius 1 is 1.22 bits per heavy atom. The molecular weight excluding hydrogens is 432 g/mol. The maximum atomic E-state index is 13.5. The fraction of sp³-hybridized carbons (Fsp3) is 0.500. The summed E-state index contributed by atoms with van der Waals surface area (Å²) in [5.41, 5.74) is 0.610. The Morgan fingerprint density at radius 3 is 2.56 bits per heavy atom. The van der Waals surface area contributed by atoms with Crippen molar-refractivity contribution >= 4 is 23.4 Å². The highest BCUT2D eigenvalue weighted by atomic mass is 35.5. The topological polar surface area (TPSA) is 81.0 Å². The summed E-state index contributed by atoms with van der Waals surface area (Å²) in [7, 11) is 1.55. The summed E-state index contributed by atoms with van der Waals surface area (Å²) in [5, 5.41) is 3.12. The molecule has 32 heavy (non-hydrogen) atoms. The van der Waals surface area contributed by atoms with Gasteiger partial charge in [0, 0.05) is 6.04 Å². The molecule has 1 aliphatic carbocycles. The normalized spacial score (nSPS) is 14.9. The third-order valence-electron chi connectivity index (χ3n) is 5.47. The average molecular weight is 463 g/mol. The molecule has 0 spiro atoms. The van der Waals surface area contributed by atoms with Gasteiger partial charge < -0.3 is 24.1 Å². The maximum absolute atomic E-state index is 13.5. The van der Waals surface area contributed by atoms with Gasteiger partial charge in [0.1, 0.15) is 17.7 Å². The zero-order valence-corrected chi connectivity index (χ0v) is 19.6. The Labute approximate surface area is 194 Å². The Balaban J connectivity index is 2.00. The number of ether oxygens (including phenoxy) is 2. The molecule has 1 unspecified atom stereocenters. The van der Waals surface area contributed by atoms with E-state index in [0.29, 0.717) is 22.8 Å². The van der Waals surface area contributed by atoms with Crippen LogP contribution in [0.1, 0.15) is 56.9 Å². The molecule has 0 saturated heterocycles. The number of carbonyl (C=O) groups is 2. The van der Waals surface area contributed by atoms with Gasteiger partial charge in [0.05, 0.1) is 26.0 Å². The van der Waals surface area contributed by atoms with E-state index in [4.69, 9.17) is 25.5 Å². The Kier molecular flexibility index (Phi) is 8.45. The van der Waals surface area contributed by atoms with E-state index in [1.807, 2.05) is 13.8 Å². The fourth-order valence-electron chi connectivity index (χ4n) is 4.00. The Bertz CT molecular complexity index is 894. The first-order valence-corrected chi connectivity index (χ1v) is 11.5. The molecule has 1 aliphatic rings. The molecule has 1 heterocycles. The lowest BCUT2D eigenvalue weighted by atomic mass is 10.0. The number of amides is 2. The molecule has 0 radical (unpaired) electrons. The number of hydrogen-bond donors (Lipinski definition) is 1. The van der Waals surface area contributed by atoms with E-state index in [-0.39, 0.29) is 36.4 Å². The van der Waals surface area contributed by atoms with Gasteiger partial charge in [0.2, 0.25) is 11.8 Å². The highest BCUT2D eigenvalue weighted by Crippen LogP contribution is 2.34. The van der Waals surface area contributed by atoms with E-state index >= 15 is 0 Å². The van der Waals surface area contributed by atoms with Crippen LogP contribution in [0.15, 0.2) is 41.0 Å². The van der Waals surface area contributed by atoms with Gasteiger partial charge in [-0.3, -0.25) is 9.59 Å². The molecule has 1 aromatic heterocycles. The monoisotopic (exact) mass is 462 g/mol. The van der Waals surface area contributed by atoms with E-state index in [0.717, 1.165) is 25.7 Å². The summed E-state index contributed by atoms with van der Waals surface area (Å²) in [5.74, 6) is 0.764.